The molecule has 3 rings (SSSR count). The van der Waals surface area contributed by atoms with Crippen LogP contribution in [-0.2, 0) is 11.3 Å². The lowest BCUT2D eigenvalue weighted by Gasteiger charge is -2.20. The van der Waals surface area contributed by atoms with Crippen LogP contribution in [0.2, 0.25) is 0 Å². The first-order valence-electron chi connectivity index (χ1n) is 10.4. The third-order valence-corrected chi connectivity index (χ3v) is 5.18. The van der Waals surface area contributed by atoms with E-state index >= 15 is 0 Å². The van der Waals surface area contributed by atoms with Crippen molar-refractivity contribution in [2.45, 2.75) is 46.2 Å². The summed E-state index contributed by atoms with van der Waals surface area (Å²) in [7, 11) is 4.18. The number of nitrogens with one attached hydrogen (secondary N) is 1. The molecule has 0 spiro atoms. The Morgan fingerprint density at radius 3 is 2.59 bits per heavy atom. The molecule has 29 heavy (non-hydrogen) atoms. The molecule has 2 heterocycles. The standard InChI is InChI=1S/C23H33N5O/c1-17(2)15-22(27-12-6-7-13-27)23(29)25-19-9-10-21-20(16-19)24-18(3)28(21)14-8-11-26(4)5/h6-7,9-10,12-13,16-17,22H,8,11,14-15H2,1-5H3,(H,25,29)/t22-/m1/s1. The van der Waals surface area contributed by atoms with Crippen molar-refractivity contribution < 1.29 is 4.79 Å². The molecule has 0 bridgehead atoms. The number of hydrogen-bond acceptors (Lipinski definition) is 3. The minimum Gasteiger partial charge on any atom is -0.342 e. The lowest BCUT2D eigenvalue weighted by atomic mass is 10.0. The Kier molecular flexibility index (Phi) is 6.75. The second-order valence-corrected chi connectivity index (χ2v) is 8.44. The van der Waals surface area contributed by atoms with E-state index in [9.17, 15) is 4.79 Å². The number of imidazole rings is 1. The van der Waals surface area contributed by atoms with Crippen molar-refractivity contribution in [3.63, 3.8) is 0 Å². The highest BCUT2D eigenvalue weighted by Gasteiger charge is 2.21. The van der Waals surface area contributed by atoms with Gasteiger partial charge in [-0.15, -0.1) is 0 Å². The summed E-state index contributed by atoms with van der Waals surface area (Å²) in [5.41, 5.74) is 2.83. The van der Waals surface area contributed by atoms with Crippen LogP contribution in [0.5, 0.6) is 0 Å². The highest BCUT2D eigenvalue weighted by Crippen LogP contribution is 2.24. The van der Waals surface area contributed by atoms with Gasteiger partial charge in [0.05, 0.1) is 11.0 Å². The molecule has 0 aliphatic carbocycles. The van der Waals surface area contributed by atoms with Crippen LogP contribution in [0.15, 0.2) is 42.7 Å². The fourth-order valence-electron chi connectivity index (χ4n) is 3.75. The molecule has 6 heteroatoms. The van der Waals surface area contributed by atoms with E-state index in [0.29, 0.717) is 5.92 Å². The predicted octanol–water partition coefficient (Wildman–Crippen LogP) is 4.32. The van der Waals surface area contributed by atoms with Crippen LogP contribution in [0.4, 0.5) is 5.69 Å². The number of nitrogens with zero attached hydrogens (tertiary/aromatic N) is 4. The zero-order valence-electron chi connectivity index (χ0n) is 18.2. The van der Waals surface area contributed by atoms with Gasteiger partial charge in [-0.05, 0) is 76.7 Å². The summed E-state index contributed by atoms with van der Waals surface area (Å²) < 4.78 is 4.24. The summed E-state index contributed by atoms with van der Waals surface area (Å²) in [6.45, 7) is 8.31. The number of carbonyl (C=O) groups excluding carboxylic acids is 1. The van der Waals surface area contributed by atoms with Gasteiger partial charge in [0.2, 0.25) is 5.91 Å². The first-order valence-corrected chi connectivity index (χ1v) is 10.4. The normalized spacial score (nSPS) is 12.8. The number of fused-ring (bicyclic) bond motifs is 1. The Morgan fingerprint density at radius 2 is 1.93 bits per heavy atom. The highest BCUT2D eigenvalue weighted by molar-refractivity contribution is 5.95. The third kappa shape index (κ3) is 5.26. The molecule has 0 aliphatic heterocycles. The topological polar surface area (TPSA) is 55.1 Å². The van der Waals surface area contributed by atoms with Crippen molar-refractivity contribution in [3.8, 4) is 0 Å². The van der Waals surface area contributed by atoms with Crippen LogP contribution in [0.3, 0.4) is 0 Å². The van der Waals surface area contributed by atoms with E-state index in [4.69, 9.17) is 4.98 Å². The summed E-state index contributed by atoms with van der Waals surface area (Å²) in [4.78, 5) is 19.9. The highest BCUT2D eigenvalue weighted by atomic mass is 16.2. The van der Waals surface area contributed by atoms with Gasteiger partial charge in [-0.3, -0.25) is 4.79 Å². The molecule has 1 aromatic carbocycles. The van der Waals surface area contributed by atoms with Crippen LogP contribution >= 0.6 is 0 Å². The second-order valence-electron chi connectivity index (χ2n) is 8.44. The van der Waals surface area contributed by atoms with Gasteiger partial charge in [-0.2, -0.15) is 0 Å². The zero-order chi connectivity index (χ0) is 21.0. The van der Waals surface area contributed by atoms with Crippen LogP contribution in [-0.4, -0.2) is 45.6 Å². The Bertz CT molecular complexity index is 940. The second kappa shape index (κ2) is 9.27. The molecule has 0 saturated carbocycles. The number of rotatable bonds is 9. The van der Waals surface area contributed by atoms with E-state index in [1.165, 1.54) is 0 Å². The van der Waals surface area contributed by atoms with Gasteiger partial charge < -0.3 is 19.4 Å². The molecule has 1 N–H and O–H groups in total. The van der Waals surface area contributed by atoms with Gasteiger partial charge in [0, 0.05) is 24.6 Å². The van der Waals surface area contributed by atoms with Crippen LogP contribution < -0.4 is 5.32 Å². The molecule has 0 unspecified atom stereocenters. The molecule has 1 amide bonds. The summed E-state index contributed by atoms with van der Waals surface area (Å²) in [5.74, 6) is 1.44. The number of amides is 1. The van der Waals surface area contributed by atoms with Crippen molar-refractivity contribution in [3.05, 3.63) is 48.5 Å². The number of anilines is 1. The average Bonchev–Trinajstić information content (AvgIpc) is 3.27. The van der Waals surface area contributed by atoms with Gasteiger partial charge >= 0.3 is 0 Å². The van der Waals surface area contributed by atoms with Crippen molar-refractivity contribution in [2.75, 3.05) is 26.0 Å². The minimum absolute atomic E-state index is 0.0105. The molecular weight excluding hydrogens is 362 g/mol. The molecule has 1 atom stereocenters. The maximum atomic E-state index is 13.0. The fourth-order valence-corrected chi connectivity index (χ4v) is 3.75. The molecule has 0 radical (unpaired) electrons. The van der Waals surface area contributed by atoms with Gasteiger partial charge in [0.15, 0.2) is 0 Å². The Balaban J connectivity index is 1.77. The SMILES string of the molecule is Cc1nc2cc(NC(=O)[C@@H](CC(C)C)n3cccc3)ccc2n1CCCN(C)C. The maximum absolute atomic E-state index is 13.0. The number of hydrogen-bond donors (Lipinski definition) is 1. The van der Waals surface area contributed by atoms with Crippen LogP contribution in [0.25, 0.3) is 11.0 Å². The number of benzene rings is 1. The molecule has 156 valence electrons. The maximum Gasteiger partial charge on any atom is 0.247 e. The molecule has 6 nitrogen and oxygen atoms in total. The molecule has 2 aromatic heterocycles. The van der Waals surface area contributed by atoms with E-state index in [-0.39, 0.29) is 11.9 Å². The minimum atomic E-state index is -0.217. The number of aryl methyl sites for hydroxylation is 2. The van der Waals surface area contributed by atoms with Gasteiger partial charge in [0.25, 0.3) is 0 Å². The Morgan fingerprint density at radius 1 is 1.21 bits per heavy atom. The fraction of sp³-hybridized carbons (Fsp3) is 0.478. The van der Waals surface area contributed by atoms with Crippen molar-refractivity contribution in [1.82, 2.24) is 19.0 Å². The Labute approximate surface area is 173 Å². The molecular formula is C23H33N5O. The summed E-state index contributed by atoms with van der Waals surface area (Å²) in [6, 6.07) is 9.72. The van der Waals surface area contributed by atoms with Gasteiger partial charge in [0.1, 0.15) is 11.9 Å². The average molecular weight is 396 g/mol. The first-order chi connectivity index (χ1) is 13.8. The van der Waals surface area contributed by atoms with Crippen molar-refractivity contribution in [2.24, 2.45) is 5.92 Å². The lowest BCUT2D eigenvalue weighted by Crippen LogP contribution is -2.26. The molecule has 0 saturated heterocycles. The summed E-state index contributed by atoms with van der Waals surface area (Å²) >= 11 is 0. The first kappa shape index (κ1) is 21.1. The molecule has 0 aliphatic rings. The van der Waals surface area contributed by atoms with E-state index in [0.717, 1.165) is 48.5 Å². The third-order valence-electron chi connectivity index (χ3n) is 5.18. The van der Waals surface area contributed by atoms with E-state index in [1.807, 2.05) is 48.1 Å². The van der Waals surface area contributed by atoms with Crippen LogP contribution in [0.1, 0.15) is 38.6 Å². The monoisotopic (exact) mass is 395 g/mol. The smallest absolute Gasteiger partial charge is 0.247 e. The van der Waals surface area contributed by atoms with E-state index in [1.54, 1.807) is 0 Å². The quantitative estimate of drug-likeness (QED) is 0.587. The predicted molar refractivity (Wildman–Crippen MR) is 119 cm³/mol. The largest absolute Gasteiger partial charge is 0.342 e. The van der Waals surface area contributed by atoms with Crippen molar-refractivity contribution >= 4 is 22.6 Å². The van der Waals surface area contributed by atoms with Crippen LogP contribution in [0, 0.1) is 12.8 Å². The Hall–Kier alpha value is -2.60. The molecule has 3 aromatic rings. The lowest BCUT2D eigenvalue weighted by molar-refractivity contribution is -0.119. The molecule has 0 fully saturated rings. The van der Waals surface area contributed by atoms with Gasteiger partial charge in [-0.1, -0.05) is 13.8 Å². The van der Waals surface area contributed by atoms with E-state index in [2.05, 4.69) is 48.8 Å². The van der Waals surface area contributed by atoms with E-state index < -0.39 is 0 Å². The number of aromatic nitrogens is 3. The zero-order valence-corrected chi connectivity index (χ0v) is 18.2. The summed E-state index contributed by atoms with van der Waals surface area (Å²) in [6.07, 6.45) is 5.77. The van der Waals surface area contributed by atoms with Crippen molar-refractivity contribution in [1.29, 1.82) is 0 Å². The number of carbonyl (C=O) groups is 1. The summed E-state index contributed by atoms with van der Waals surface area (Å²) in [5, 5.41) is 3.10. The van der Waals surface area contributed by atoms with Gasteiger partial charge in [-0.25, -0.2) is 4.98 Å².